The first-order chi connectivity index (χ1) is 7.67. The summed E-state index contributed by atoms with van der Waals surface area (Å²) in [6.07, 6.45) is 3.91. The summed E-state index contributed by atoms with van der Waals surface area (Å²) in [5.41, 5.74) is 0. The molecule has 1 saturated carbocycles. The van der Waals surface area contributed by atoms with Crippen LogP contribution in [0.2, 0.25) is 0 Å². The lowest BCUT2D eigenvalue weighted by Crippen LogP contribution is -2.42. The number of carbonyl (C=O) groups excluding carboxylic acids is 1. The van der Waals surface area contributed by atoms with Gasteiger partial charge in [0.05, 0.1) is 19.1 Å². The van der Waals surface area contributed by atoms with Crippen LogP contribution >= 0.6 is 0 Å². The number of hydrogen-bond acceptors (Lipinski definition) is 4. The molecular formula is C12H23NO3. The topological polar surface area (TPSA) is 58.6 Å². The van der Waals surface area contributed by atoms with Crippen LogP contribution < -0.4 is 5.32 Å². The second-order valence-corrected chi connectivity index (χ2v) is 4.56. The Hall–Kier alpha value is -0.610. The second kappa shape index (κ2) is 6.86. The van der Waals surface area contributed by atoms with Crippen molar-refractivity contribution in [3.8, 4) is 0 Å². The lowest BCUT2D eigenvalue weighted by molar-refractivity contribution is -0.149. The molecule has 4 heteroatoms. The molecule has 0 heterocycles. The largest absolute Gasteiger partial charge is 0.466 e. The second-order valence-electron chi connectivity index (χ2n) is 4.56. The molecule has 0 aromatic heterocycles. The Kier molecular flexibility index (Phi) is 5.77. The molecule has 3 unspecified atom stereocenters. The summed E-state index contributed by atoms with van der Waals surface area (Å²) < 4.78 is 5.04. The summed E-state index contributed by atoms with van der Waals surface area (Å²) in [5.74, 6) is -0.0252. The average molecular weight is 229 g/mol. The van der Waals surface area contributed by atoms with E-state index in [2.05, 4.69) is 5.32 Å². The Morgan fingerprint density at radius 2 is 2.31 bits per heavy atom. The molecule has 0 aromatic carbocycles. The quantitative estimate of drug-likeness (QED) is 0.693. The monoisotopic (exact) mass is 229 g/mol. The molecule has 16 heavy (non-hydrogen) atoms. The maximum atomic E-state index is 11.6. The first kappa shape index (κ1) is 13.5. The van der Waals surface area contributed by atoms with Gasteiger partial charge in [0.15, 0.2) is 0 Å². The Morgan fingerprint density at radius 1 is 1.56 bits per heavy atom. The van der Waals surface area contributed by atoms with E-state index in [9.17, 15) is 4.79 Å². The molecular weight excluding hydrogens is 206 g/mol. The third-order valence-electron chi connectivity index (χ3n) is 3.09. The zero-order chi connectivity index (χ0) is 12.0. The van der Waals surface area contributed by atoms with E-state index in [1.807, 2.05) is 13.8 Å². The van der Waals surface area contributed by atoms with Gasteiger partial charge in [0.25, 0.3) is 0 Å². The predicted molar refractivity (Wildman–Crippen MR) is 62.1 cm³/mol. The minimum Gasteiger partial charge on any atom is -0.466 e. The first-order valence-electron chi connectivity index (χ1n) is 6.20. The van der Waals surface area contributed by atoms with Crippen molar-refractivity contribution in [3.63, 3.8) is 0 Å². The van der Waals surface area contributed by atoms with Crippen LogP contribution in [-0.4, -0.2) is 36.4 Å². The van der Waals surface area contributed by atoms with Crippen LogP contribution in [0.3, 0.4) is 0 Å². The van der Waals surface area contributed by atoms with Gasteiger partial charge in [-0.3, -0.25) is 4.79 Å². The summed E-state index contributed by atoms with van der Waals surface area (Å²) in [6, 6.07) is 0.441. The van der Waals surface area contributed by atoms with Gasteiger partial charge in [-0.15, -0.1) is 0 Å². The van der Waals surface area contributed by atoms with Crippen molar-refractivity contribution in [2.75, 3.05) is 13.2 Å². The van der Waals surface area contributed by atoms with Crippen molar-refractivity contribution in [3.05, 3.63) is 0 Å². The number of ether oxygens (including phenoxy) is 1. The third kappa shape index (κ3) is 4.10. The lowest BCUT2D eigenvalue weighted by atomic mass is 9.85. The zero-order valence-corrected chi connectivity index (χ0v) is 10.2. The highest BCUT2D eigenvalue weighted by atomic mass is 16.5. The molecule has 2 N–H and O–H groups in total. The molecule has 4 nitrogen and oxygen atoms in total. The number of aliphatic hydroxyl groups is 1. The highest BCUT2D eigenvalue weighted by Crippen LogP contribution is 2.25. The number of rotatable bonds is 5. The predicted octanol–water partition coefficient (Wildman–Crippen LogP) is 1.08. The maximum absolute atomic E-state index is 11.6. The summed E-state index contributed by atoms with van der Waals surface area (Å²) in [7, 11) is 0. The molecule has 0 spiro atoms. The van der Waals surface area contributed by atoms with Crippen molar-refractivity contribution >= 4 is 5.97 Å². The molecule has 0 aromatic rings. The van der Waals surface area contributed by atoms with E-state index < -0.39 is 0 Å². The highest BCUT2D eigenvalue weighted by molar-refractivity contribution is 5.72. The Labute approximate surface area is 97.4 Å². The van der Waals surface area contributed by atoms with E-state index in [0.717, 1.165) is 25.7 Å². The molecule has 0 saturated heterocycles. The van der Waals surface area contributed by atoms with E-state index >= 15 is 0 Å². The van der Waals surface area contributed by atoms with Crippen LogP contribution in [0.15, 0.2) is 0 Å². The van der Waals surface area contributed by atoms with Crippen molar-refractivity contribution in [1.82, 2.24) is 5.32 Å². The fourth-order valence-electron chi connectivity index (χ4n) is 2.27. The minimum atomic E-state index is -0.0642. The van der Waals surface area contributed by atoms with E-state index in [-0.39, 0.29) is 24.5 Å². The fourth-order valence-corrected chi connectivity index (χ4v) is 2.27. The Bertz CT molecular complexity index is 220. The van der Waals surface area contributed by atoms with Crippen LogP contribution in [0.5, 0.6) is 0 Å². The summed E-state index contributed by atoms with van der Waals surface area (Å²) in [6.45, 7) is 4.39. The highest BCUT2D eigenvalue weighted by Gasteiger charge is 2.28. The fraction of sp³-hybridized carbons (Fsp3) is 0.917. The standard InChI is InChI=1S/C12H23NO3/c1-3-16-12(15)10-5-4-6-11(7-10)13-9(2)8-14/h9-11,13-14H,3-8H2,1-2H3. The van der Waals surface area contributed by atoms with Gasteiger partial charge < -0.3 is 15.2 Å². The molecule has 3 atom stereocenters. The van der Waals surface area contributed by atoms with Gasteiger partial charge in [-0.25, -0.2) is 0 Å². The molecule has 0 bridgehead atoms. The van der Waals surface area contributed by atoms with Crippen molar-refractivity contribution < 1.29 is 14.6 Å². The normalized spacial score (nSPS) is 27.4. The SMILES string of the molecule is CCOC(=O)C1CCCC(NC(C)CO)C1. The summed E-state index contributed by atoms with van der Waals surface area (Å²) in [5, 5.41) is 12.3. The number of nitrogens with one attached hydrogen (secondary N) is 1. The van der Waals surface area contributed by atoms with Crippen LogP contribution in [0.1, 0.15) is 39.5 Å². The minimum absolute atomic E-state index is 0.0390. The maximum Gasteiger partial charge on any atom is 0.308 e. The van der Waals surface area contributed by atoms with Gasteiger partial charge in [0.1, 0.15) is 0 Å². The van der Waals surface area contributed by atoms with Gasteiger partial charge in [-0.2, -0.15) is 0 Å². The molecule has 0 radical (unpaired) electrons. The van der Waals surface area contributed by atoms with Crippen molar-refractivity contribution in [2.45, 2.75) is 51.6 Å². The Morgan fingerprint density at radius 3 is 2.94 bits per heavy atom. The van der Waals surface area contributed by atoms with Gasteiger partial charge in [-0.05, 0) is 33.1 Å². The zero-order valence-electron chi connectivity index (χ0n) is 10.2. The molecule has 1 aliphatic carbocycles. The van der Waals surface area contributed by atoms with E-state index in [1.165, 1.54) is 0 Å². The van der Waals surface area contributed by atoms with Gasteiger partial charge >= 0.3 is 5.97 Å². The molecule has 0 aliphatic heterocycles. The molecule has 1 fully saturated rings. The average Bonchev–Trinajstić information content (AvgIpc) is 2.29. The van der Waals surface area contributed by atoms with Crippen LogP contribution in [0.4, 0.5) is 0 Å². The smallest absolute Gasteiger partial charge is 0.308 e. The molecule has 1 aliphatic rings. The number of aliphatic hydroxyl groups excluding tert-OH is 1. The van der Waals surface area contributed by atoms with Crippen LogP contribution in [-0.2, 0) is 9.53 Å². The molecule has 1 rings (SSSR count). The summed E-state index contributed by atoms with van der Waals surface area (Å²) >= 11 is 0. The van der Waals surface area contributed by atoms with Crippen LogP contribution in [0.25, 0.3) is 0 Å². The van der Waals surface area contributed by atoms with Gasteiger partial charge in [-0.1, -0.05) is 6.42 Å². The number of esters is 1. The molecule has 94 valence electrons. The van der Waals surface area contributed by atoms with E-state index in [1.54, 1.807) is 0 Å². The van der Waals surface area contributed by atoms with E-state index in [4.69, 9.17) is 9.84 Å². The van der Waals surface area contributed by atoms with Gasteiger partial charge in [0.2, 0.25) is 0 Å². The van der Waals surface area contributed by atoms with Crippen LogP contribution in [0, 0.1) is 5.92 Å². The van der Waals surface area contributed by atoms with Gasteiger partial charge in [0, 0.05) is 12.1 Å². The summed E-state index contributed by atoms with van der Waals surface area (Å²) in [4.78, 5) is 11.6. The number of carbonyl (C=O) groups is 1. The third-order valence-corrected chi connectivity index (χ3v) is 3.09. The molecule has 0 amide bonds. The lowest BCUT2D eigenvalue weighted by Gasteiger charge is -2.30. The number of hydrogen-bond donors (Lipinski definition) is 2. The van der Waals surface area contributed by atoms with Crippen molar-refractivity contribution in [1.29, 1.82) is 0 Å². The Balaban J connectivity index is 2.37. The first-order valence-corrected chi connectivity index (χ1v) is 6.20. The van der Waals surface area contributed by atoms with Crippen molar-refractivity contribution in [2.24, 2.45) is 5.92 Å². The van der Waals surface area contributed by atoms with E-state index in [0.29, 0.717) is 12.6 Å².